The minimum absolute atomic E-state index is 0.158. The lowest BCUT2D eigenvalue weighted by atomic mass is 10.2. The molecule has 4 nitrogen and oxygen atoms in total. The van der Waals surface area contributed by atoms with Gasteiger partial charge in [0.15, 0.2) is 6.10 Å². The van der Waals surface area contributed by atoms with Crippen LogP contribution in [0.3, 0.4) is 0 Å². The molecule has 0 aliphatic heterocycles. The van der Waals surface area contributed by atoms with Crippen LogP contribution in [-0.2, 0) is 20.5 Å². The van der Waals surface area contributed by atoms with E-state index in [4.69, 9.17) is 16.3 Å². The van der Waals surface area contributed by atoms with E-state index >= 15 is 0 Å². The van der Waals surface area contributed by atoms with Gasteiger partial charge in [0, 0.05) is 16.8 Å². The summed E-state index contributed by atoms with van der Waals surface area (Å²) >= 11 is 5.83. The Bertz CT molecular complexity index is 848. The highest BCUT2D eigenvalue weighted by atomic mass is 35.5. The third kappa shape index (κ3) is 6.45. The summed E-state index contributed by atoms with van der Waals surface area (Å²) in [7, 11) is 0. The summed E-state index contributed by atoms with van der Waals surface area (Å²) in [5, 5.41) is 2.89. The molecule has 0 aromatic heterocycles. The zero-order chi connectivity index (χ0) is 20.0. The first-order valence-corrected chi connectivity index (χ1v) is 8.15. The van der Waals surface area contributed by atoms with Crippen LogP contribution in [0.2, 0.25) is 5.02 Å². The minimum Gasteiger partial charge on any atom is -0.449 e. The zero-order valence-corrected chi connectivity index (χ0v) is 14.8. The summed E-state index contributed by atoms with van der Waals surface area (Å²) in [6, 6.07) is 10.7. The van der Waals surface area contributed by atoms with Crippen LogP contribution in [0.25, 0.3) is 6.08 Å². The Morgan fingerprint density at radius 2 is 1.81 bits per heavy atom. The number of carbonyl (C=O) groups is 2. The number of alkyl halides is 3. The monoisotopic (exact) mass is 397 g/mol. The van der Waals surface area contributed by atoms with Crippen LogP contribution in [0.5, 0.6) is 0 Å². The van der Waals surface area contributed by atoms with E-state index in [1.807, 2.05) is 0 Å². The Balaban J connectivity index is 1.90. The average Bonchev–Trinajstić information content (AvgIpc) is 2.59. The van der Waals surface area contributed by atoms with Gasteiger partial charge in [-0.15, -0.1) is 0 Å². The smallest absolute Gasteiger partial charge is 0.416 e. The van der Waals surface area contributed by atoms with Crippen molar-refractivity contribution in [3.63, 3.8) is 0 Å². The van der Waals surface area contributed by atoms with E-state index in [0.29, 0.717) is 10.6 Å². The fraction of sp³-hybridized carbons (Fsp3) is 0.158. The summed E-state index contributed by atoms with van der Waals surface area (Å²) < 4.78 is 42.5. The molecule has 2 aromatic carbocycles. The van der Waals surface area contributed by atoms with Gasteiger partial charge in [0.25, 0.3) is 5.91 Å². The van der Waals surface area contributed by atoms with Gasteiger partial charge in [-0.05, 0) is 55.0 Å². The van der Waals surface area contributed by atoms with Gasteiger partial charge in [0.05, 0.1) is 5.56 Å². The first-order valence-electron chi connectivity index (χ1n) is 7.77. The van der Waals surface area contributed by atoms with Crippen molar-refractivity contribution in [2.45, 2.75) is 19.2 Å². The largest absolute Gasteiger partial charge is 0.449 e. The number of carbonyl (C=O) groups excluding carboxylic acids is 2. The summed E-state index contributed by atoms with van der Waals surface area (Å²) in [6.45, 7) is 1.35. The number of rotatable bonds is 5. The molecule has 8 heteroatoms. The van der Waals surface area contributed by atoms with E-state index in [1.54, 1.807) is 24.3 Å². The number of halogens is 4. The molecule has 142 valence electrons. The second-order valence-electron chi connectivity index (χ2n) is 5.53. The van der Waals surface area contributed by atoms with Crippen molar-refractivity contribution >= 4 is 35.2 Å². The zero-order valence-electron chi connectivity index (χ0n) is 14.1. The maximum absolute atomic E-state index is 12.5. The minimum atomic E-state index is -4.46. The molecule has 1 atom stereocenters. The van der Waals surface area contributed by atoms with Gasteiger partial charge in [-0.1, -0.05) is 23.7 Å². The van der Waals surface area contributed by atoms with E-state index in [2.05, 4.69) is 5.32 Å². The second-order valence-corrected chi connectivity index (χ2v) is 5.97. The van der Waals surface area contributed by atoms with Crippen molar-refractivity contribution in [3.8, 4) is 0 Å². The highest BCUT2D eigenvalue weighted by Crippen LogP contribution is 2.29. The van der Waals surface area contributed by atoms with E-state index < -0.39 is 29.7 Å². The van der Waals surface area contributed by atoms with Gasteiger partial charge in [0.1, 0.15) is 0 Å². The van der Waals surface area contributed by atoms with E-state index in [9.17, 15) is 22.8 Å². The van der Waals surface area contributed by atoms with Crippen molar-refractivity contribution in [1.29, 1.82) is 0 Å². The van der Waals surface area contributed by atoms with Crippen LogP contribution in [0.15, 0.2) is 54.6 Å². The van der Waals surface area contributed by atoms with Gasteiger partial charge in [-0.2, -0.15) is 13.2 Å². The van der Waals surface area contributed by atoms with Crippen molar-refractivity contribution < 1.29 is 27.5 Å². The molecule has 0 bridgehead atoms. The number of ether oxygens (including phenoxy) is 1. The van der Waals surface area contributed by atoms with Crippen LogP contribution in [0.1, 0.15) is 18.1 Å². The lowest BCUT2D eigenvalue weighted by molar-refractivity contribution is -0.148. The molecule has 27 heavy (non-hydrogen) atoms. The van der Waals surface area contributed by atoms with Gasteiger partial charge in [0.2, 0.25) is 0 Å². The molecule has 0 aliphatic carbocycles. The molecule has 0 spiro atoms. The fourth-order valence-electron chi connectivity index (χ4n) is 2.03. The van der Waals surface area contributed by atoms with Crippen molar-refractivity contribution in [3.05, 3.63) is 70.8 Å². The Morgan fingerprint density at radius 3 is 2.41 bits per heavy atom. The molecule has 1 amide bonds. The predicted octanol–water partition coefficient (Wildman–Crippen LogP) is 4.94. The third-order valence-corrected chi connectivity index (χ3v) is 3.64. The van der Waals surface area contributed by atoms with Gasteiger partial charge in [-0.25, -0.2) is 4.79 Å². The van der Waals surface area contributed by atoms with Crippen molar-refractivity contribution in [2.75, 3.05) is 5.32 Å². The lowest BCUT2D eigenvalue weighted by Gasteiger charge is -2.13. The Morgan fingerprint density at radius 1 is 1.15 bits per heavy atom. The number of anilines is 1. The first kappa shape index (κ1) is 20.5. The van der Waals surface area contributed by atoms with Crippen LogP contribution in [0, 0.1) is 0 Å². The van der Waals surface area contributed by atoms with E-state index in [1.165, 1.54) is 13.0 Å². The lowest BCUT2D eigenvalue weighted by Crippen LogP contribution is -2.29. The molecule has 2 aromatic rings. The Hall–Kier alpha value is -2.80. The van der Waals surface area contributed by atoms with Crippen molar-refractivity contribution in [1.82, 2.24) is 0 Å². The topological polar surface area (TPSA) is 55.4 Å². The van der Waals surface area contributed by atoms with Gasteiger partial charge >= 0.3 is 12.1 Å². The van der Waals surface area contributed by atoms with E-state index in [0.717, 1.165) is 30.3 Å². The maximum Gasteiger partial charge on any atom is 0.416 e. The quantitative estimate of drug-likeness (QED) is 0.574. The summed E-state index contributed by atoms with van der Waals surface area (Å²) in [4.78, 5) is 23.8. The number of esters is 1. The molecule has 0 aliphatic rings. The molecule has 0 heterocycles. The summed E-state index contributed by atoms with van der Waals surface area (Å²) in [6.07, 6.45) is -2.97. The molecular weight excluding hydrogens is 383 g/mol. The summed E-state index contributed by atoms with van der Waals surface area (Å²) in [5.74, 6) is -1.41. The first-order chi connectivity index (χ1) is 12.6. The van der Waals surface area contributed by atoms with E-state index in [-0.39, 0.29) is 5.69 Å². The molecule has 0 saturated carbocycles. The number of hydrogen-bond acceptors (Lipinski definition) is 3. The number of hydrogen-bond donors (Lipinski definition) is 1. The number of benzene rings is 2. The van der Waals surface area contributed by atoms with Crippen LogP contribution in [0.4, 0.5) is 18.9 Å². The normalized spacial score (nSPS) is 12.6. The molecule has 1 N–H and O–H groups in total. The van der Waals surface area contributed by atoms with Crippen LogP contribution in [-0.4, -0.2) is 18.0 Å². The standard InChI is InChI=1S/C19H15ClF3NO3/c1-12(27-17(25)10-5-13-3-2-4-15(20)11-13)18(26)24-16-8-6-14(7-9-16)19(21,22)23/h2-12H,1H3,(H,24,26)/b10-5+/t12-/m1/s1. The highest BCUT2D eigenvalue weighted by Gasteiger charge is 2.30. The fourth-order valence-corrected chi connectivity index (χ4v) is 2.23. The maximum atomic E-state index is 12.5. The molecule has 0 saturated heterocycles. The predicted molar refractivity (Wildman–Crippen MR) is 96.1 cm³/mol. The van der Waals surface area contributed by atoms with Gasteiger partial charge < -0.3 is 10.1 Å². The van der Waals surface area contributed by atoms with Crippen LogP contribution >= 0.6 is 11.6 Å². The summed E-state index contributed by atoms with van der Waals surface area (Å²) in [5.41, 5.74) is 0.0119. The SMILES string of the molecule is C[C@@H](OC(=O)/C=C/c1cccc(Cl)c1)C(=O)Nc1ccc(C(F)(F)F)cc1. The third-order valence-electron chi connectivity index (χ3n) is 3.40. The Kier molecular flexibility index (Phi) is 6.63. The van der Waals surface area contributed by atoms with Crippen LogP contribution < -0.4 is 5.32 Å². The molecule has 0 radical (unpaired) electrons. The average molecular weight is 398 g/mol. The second kappa shape index (κ2) is 8.73. The number of amides is 1. The number of nitrogens with one attached hydrogen (secondary N) is 1. The molecule has 0 fully saturated rings. The van der Waals surface area contributed by atoms with Crippen molar-refractivity contribution in [2.24, 2.45) is 0 Å². The molecule has 2 rings (SSSR count). The highest BCUT2D eigenvalue weighted by molar-refractivity contribution is 6.30. The van der Waals surface area contributed by atoms with Gasteiger partial charge in [-0.3, -0.25) is 4.79 Å². The molecular formula is C19H15ClF3NO3. The molecule has 0 unspecified atom stereocenters. The Labute approximate surface area is 158 Å².